The Morgan fingerprint density at radius 1 is 0.959 bits per heavy atom. The number of aliphatic hydroxyl groups excluding tert-OH is 1. The smallest absolute Gasteiger partial charge is 0.274 e. The molecule has 2 fully saturated rings. The third kappa shape index (κ3) is 3.89. The number of phenols is 2. The number of nitrogens with zero attached hydrogens (tertiary/aromatic N) is 2. The van der Waals surface area contributed by atoms with Gasteiger partial charge in [0.15, 0.2) is 23.0 Å². The lowest BCUT2D eigenvalue weighted by Gasteiger charge is -2.30. The quantitative estimate of drug-likeness (QED) is 0.156. The minimum atomic E-state index is -1.08. The van der Waals surface area contributed by atoms with Gasteiger partial charge < -0.3 is 49.5 Å². The largest absolute Gasteiger partial charge is 0.504 e. The number of amides is 2. The minimum Gasteiger partial charge on any atom is -0.504 e. The summed E-state index contributed by atoms with van der Waals surface area (Å²) in [6, 6.07) is 8.37. The number of aromatic hydroxyl groups is 2. The molecule has 1 unspecified atom stereocenters. The summed E-state index contributed by atoms with van der Waals surface area (Å²) < 4.78 is 10.8. The fourth-order valence-electron chi connectivity index (χ4n) is 8.33. The van der Waals surface area contributed by atoms with Crippen molar-refractivity contribution >= 4 is 56.2 Å². The van der Waals surface area contributed by atoms with Crippen LogP contribution in [0, 0.1) is 5.92 Å². The lowest BCUT2D eigenvalue weighted by molar-refractivity contribution is 0.0803. The lowest BCUT2D eigenvalue weighted by atomic mass is 9.84. The summed E-state index contributed by atoms with van der Waals surface area (Å²) in [4.78, 5) is 53.1. The molecule has 250 valence electrons. The van der Waals surface area contributed by atoms with Crippen LogP contribution in [-0.2, 0) is 11.8 Å². The number of phenolic OH excluding ortho intramolecular Hbond substituents is 2. The maximum atomic E-state index is 14.2. The van der Waals surface area contributed by atoms with Crippen LogP contribution in [0.2, 0.25) is 0 Å². The number of allylic oxidation sites excluding steroid dienone is 1. The van der Waals surface area contributed by atoms with E-state index < -0.39 is 11.5 Å². The van der Waals surface area contributed by atoms with Crippen LogP contribution in [0.1, 0.15) is 60.8 Å². The number of piperidine rings is 1. The van der Waals surface area contributed by atoms with Gasteiger partial charge in [-0.1, -0.05) is 11.8 Å². The van der Waals surface area contributed by atoms with E-state index in [1.807, 2.05) is 0 Å². The van der Waals surface area contributed by atoms with Crippen LogP contribution in [0.15, 0.2) is 42.1 Å². The first-order valence-electron chi connectivity index (χ1n) is 15.8. The van der Waals surface area contributed by atoms with Gasteiger partial charge in [-0.3, -0.25) is 14.4 Å². The van der Waals surface area contributed by atoms with Gasteiger partial charge in [0.05, 0.1) is 36.8 Å². The van der Waals surface area contributed by atoms with Crippen LogP contribution >= 0.6 is 11.8 Å². The Hall–Kier alpha value is -5.34. The zero-order chi connectivity index (χ0) is 34.1. The molecule has 2 amide bonds. The number of aromatic nitrogens is 3. The number of likely N-dealkylation sites (tertiary alicyclic amines) is 1. The zero-order valence-electron chi connectivity index (χ0n) is 26.6. The van der Waals surface area contributed by atoms with Crippen molar-refractivity contribution in [1.29, 1.82) is 0 Å². The summed E-state index contributed by atoms with van der Waals surface area (Å²) in [6.45, 7) is 0.747. The molecule has 2 aromatic carbocycles. The van der Waals surface area contributed by atoms with Gasteiger partial charge in [0.25, 0.3) is 11.8 Å². The van der Waals surface area contributed by atoms with Crippen LogP contribution in [-0.4, -0.2) is 85.7 Å². The van der Waals surface area contributed by atoms with Crippen LogP contribution in [0.5, 0.6) is 23.0 Å². The van der Waals surface area contributed by atoms with E-state index in [2.05, 4.69) is 15.0 Å². The number of carbonyl (C=O) groups is 3. The molecule has 13 nitrogen and oxygen atoms in total. The highest BCUT2D eigenvalue weighted by Crippen LogP contribution is 2.68. The molecule has 49 heavy (non-hydrogen) atoms. The molecule has 3 aromatic heterocycles. The molecule has 0 bridgehead atoms. The van der Waals surface area contributed by atoms with Crippen LogP contribution in [0.4, 0.5) is 5.69 Å². The van der Waals surface area contributed by atoms with Gasteiger partial charge in [-0.2, -0.15) is 0 Å². The molecule has 0 radical (unpaired) electrons. The molecule has 1 saturated carbocycles. The lowest BCUT2D eigenvalue weighted by Crippen LogP contribution is -2.33. The van der Waals surface area contributed by atoms with E-state index in [0.29, 0.717) is 75.5 Å². The number of nitrogens with one attached hydrogen (secondary N) is 3. The molecule has 14 heteroatoms. The van der Waals surface area contributed by atoms with Gasteiger partial charge in [-0.25, -0.2) is 0 Å². The van der Waals surface area contributed by atoms with E-state index in [4.69, 9.17) is 9.47 Å². The molecular formula is C35H31N5O8S. The zero-order valence-corrected chi connectivity index (χ0v) is 27.4. The third-order valence-corrected chi connectivity index (χ3v) is 11.2. The van der Waals surface area contributed by atoms with Crippen molar-refractivity contribution in [2.45, 2.75) is 24.4 Å². The van der Waals surface area contributed by atoms with Gasteiger partial charge in [0, 0.05) is 46.6 Å². The molecule has 1 spiro atoms. The fourth-order valence-corrected chi connectivity index (χ4v) is 8.66. The molecule has 5 heterocycles. The van der Waals surface area contributed by atoms with E-state index in [9.17, 15) is 29.7 Å². The number of rotatable bonds is 5. The van der Waals surface area contributed by atoms with Gasteiger partial charge in [-0.05, 0) is 66.5 Å². The first kappa shape index (κ1) is 29.8. The minimum absolute atomic E-state index is 0.0286. The second-order valence-corrected chi connectivity index (χ2v) is 13.7. The Balaban J connectivity index is 1.05. The second kappa shape index (κ2) is 10.1. The summed E-state index contributed by atoms with van der Waals surface area (Å²) >= 11 is 1.07. The fraction of sp³-hybridized carbons (Fsp3) is 0.286. The van der Waals surface area contributed by atoms with Gasteiger partial charge in [0.1, 0.15) is 17.5 Å². The number of methoxy groups -OCH3 is 2. The monoisotopic (exact) mass is 681 g/mol. The molecule has 2 aliphatic carbocycles. The average Bonchev–Trinajstić information content (AvgIpc) is 3.73. The molecular weight excluding hydrogens is 650 g/mol. The number of H-pyrrole nitrogens is 3. The van der Waals surface area contributed by atoms with E-state index in [0.717, 1.165) is 29.3 Å². The van der Waals surface area contributed by atoms with E-state index in [1.54, 1.807) is 41.5 Å². The van der Waals surface area contributed by atoms with Crippen molar-refractivity contribution in [3.8, 4) is 23.0 Å². The number of aliphatic hydroxyl groups is 1. The molecule has 2 aliphatic heterocycles. The van der Waals surface area contributed by atoms with Crippen molar-refractivity contribution in [1.82, 2.24) is 19.9 Å². The summed E-state index contributed by atoms with van der Waals surface area (Å²) in [5.41, 5.74) is 4.66. The number of hydrogen-bond donors (Lipinski definition) is 6. The normalized spacial score (nSPS) is 21.8. The van der Waals surface area contributed by atoms with E-state index >= 15 is 0 Å². The highest BCUT2D eigenvalue weighted by Gasteiger charge is 2.67. The molecule has 9 rings (SSSR count). The number of fused-ring (bicyclic) bond motifs is 5. The summed E-state index contributed by atoms with van der Waals surface area (Å²) in [7, 11) is 2.88. The molecule has 3 atom stereocenters. The maximum Gasteiger partial charge on any atom is 0.274 e. The predicted molar refractivity (Wildman–Crippen MR) is 181 cm³/mol. The van der Waals surface area contributed by atoms with Crippen LogP contribution in [0.3, 0.4) is 0 Å². The molecule has 6 N–H and O–H groups in total. The number of aromatic amines is 3. The number of thioether (sulfide) groups is 1. The summed E-state index contributed by atoms with van der Waals surface area (Å²) in [6.07, 6.45) is 3.53. The van der Waals surface area contributed by atoms with Crippen molar-refractivity contribution in [2.75, 3.05) is 38.5 Å². The standard InChI is InChI=1S/C35H31N5O8S/c1-47-25-10-19-14(7-23(25)41)6-20(36-19)33(45)40-13-15-12-35(15)18-9-21(37-28(18)24(42)11-26(35)40)32(44)39-5-4-16-17-8-22(34(46)49-3)38-27(17)31(48-2)30(43)29(16)39/h6-11,15,24,36-38,41-43H,4-5,12-13H2,1-3H3/t15-,24?,35-/m1/s1. The van der Waals surface area contributed by atoms with Gasteiger partial charge in [-0.15, -0.1) is 0 Å². The van der Waals surface area contributed by atoms with Crippen molar-refractivity contribution in [3.05, 3.63) is 76.0 Å². The number of anilines is 1. The van der Waals surface area contributed by atoms with Gasteiger partial charge >= 0.3 is 0 Å². The Bertz CT molecular complexity index is 2350. The molecule has 5 aromatic rings. The Morgan fingerprint density at radius 2 is 1.73 bits per heavy atom. The van der Waals surface area contributed by atoms with Crippen LogP contribution in [0.25, 0.3) is 21.8 Å². The van der Waals surface area contributed by atoms with Crippen molar-refractivity contribution in [3.63, 3.8) is 0 Å². The Morgan fingerprint density at radius 3 is 2.49 bits per heavy atom. The van der Waals surface area contributed by atoms with E-state index in [-0.39, 0.29) is 45.8 Å². The Kier molecular flexibility index (Phi) is 6.13. The number of carbonyl (C=O) groups excluding carboxylic acids is 3. The van der Waals surface area contributed by atoms with Crippen molar-refractivity contribution in [2.24, 2.45) is 5.92 Å². The molecule has 4 aliphatic rings. The Labute approximate surface area is 282 Å². The van der Waals surface area contributed by atoms with Gasteiger partial charge in [0.2, 0.25) is 5.12 Å². The highest BCUT2D eigenvalue weighted by atomic mass is 32.2. The number of ether oxygens (including phenoxy) is 2. The second-order valence-electron chi connectivity index (χ2n) is 13.0. The summed E-state index contributed by atoms with van der Waals surface area (Å²) in [5.74, 6) is -0.319. The topological polar surface area (TPSA) is 184 Å². The predicted octanol–water partition coefficient (Wildman–Crippen LogP) is 4.46. The summed E-state index contributed by atoms with van der Waals surface area (Å²) in [5, 5.41) is 34.1. The third-order valence-electron chi connectivity index (χ3n) is 10.6. The SMILES string of the molecule is COc1cc2[nH]c(C(=O)N3C[C@H]4C[C@@]45C3=CC(O)c3[nH]c(C(=O)N4CCc6c4c(O)c(OC)c4[nH]c(C(=O)SC)cc64)cc35)cc2cc1O. The maximum absolute atomic E-state index is 14.2. The first-order valence-corrected chi connectivity index (χ1v) is 17.0. The van der Waals surface area contributed by atoms with E-state index in [1.165, 1.54) is 25.2 Å². The first-order chi connectivity index (χ1) is 23.6. The average molecular weight is 682 g/mol. The van der Waals surface area contributed by atoms with Crippen molar-refractivity contribution < 1.29 is 39.2 Å². The number of hydrogen-bond acceptors (Lipinski definition) is 9. The van der Waals surface area contributed by atoms with Crippen LogP contribution < -0.4 is 14.4 Å². The molecule has 1 saturated heterocycles. The highest BCUT2D eigenvalue weighted by molar-refractivity contribution is 8.13. The number of benzene rings is 2.